The number of piperazine rings is 1. The summed E-state index contributed by atoms with van der Waals surface area (Å²) in [6, 6.07) is 21.5. The zero-order valence-electron chi connectivity index (χ0n) is 16.4. The second kappa shape index (κ2) is 8.65. The zero-order chi connectivity index (χ0) is 20.1. The Kier molecular flexibility index (Phi) is 5.61. The molecular formula is C23H24N4O2. The maximum absolute atomic E-state index is 12.5. The SMILES string of the molecule is COc1ccccc1NC(=O)c1ccc(N2CCN(c3ccccc3)CC2)nc1. The van der Waals surface area contributed by atoms with Crippen LogP contribution in [0.2, 0.25) is 0 Å². The number of hydrogen-bond donors (Lipinski definition) is 1. The van der Waals surface area contributed by atoms with Crippen molar-refractivity contribution in [1.29, 1.82) is 0 Å². The molecule has 1 aliphatic heterocycles. The first-order valence-corrected chi connectivity index (χ1v) is 9.70. The molecule has 1 saturated heterocycles. The summed E-state index contributed by atoms with van der Waals surface area (Å²) in [5.41, 5.74) is 2.41. The van der Waals surface area contributed by atoms with Gasteiger partial charge in [-0.05, 0) is 36.4 Å². The minimum Gasteiger partial charge on any atom is -0.495 e. The van der Waals surface area contributed by atoms with Crippen molar-refractivity contribution < 1.29 is 9.53 Å². The van der Waals surface area contributed by atoms with Crippen LogP contribution in [0, 0.1) is 0 Å². The molecule has 2 heterocycles. The summed E-state index contributed by atoms with van der Waals surface area (Å²) >= 11 is 0. The van der Waals surface area contributed by atoms with Gasteiger partial charge in [-0.1, -0.05) is 30.3 Å². The van der Waals surface area contributed by atoms with E-state index in [0.29, 0.717) is 17.0 Å². The smallest absolute Gasteiger partial charge is 0.257 e. The van der Waals surface area contributed by atoms with Crippen LogP contribution in [-0.4, -0.2) is 44.2 Å². The average Bonchev–Trinajstić information content (AvgIpc) is 2.80. The summed E-state index contributed by atoms with van der Waals surface area (Å²) in [6.45, 7) is 3.69. The third kappa shape index (κ3) is 4.32. The van der Waals surface area contributed by atoms with Gasteiger partial charge in [0.1, 0.15) is 11.6 Å². The molecule has 0 saturated carbocycles. The van der Waals surface area contributed by atoms with E-state index >= 15 is 0 Å². The van der Waals surface area contributed by atoms with E-state index < -0.39 is 0 Å². The number of amides is 1. The highest BCUT2D eigenvalue weighted by Gasteiger charge is 2.18. The number of pyridine rings is 1. The molecule has 6 heteroatoms. The minimum atomic E-state index is -0.206. The monoisotopic (exact) mass is 388 g/mol. The lowest BCUT2D eigenvalue weighted by molar-refractivity contribution is 0.102. The van der Waals surface area contributed by atoms with Crippen molar-refractivity contribution in [1.82, 2.24) is 4.98 Å². The Morgan fingerprint density at radius 1 is 0.897 bits per heavy atom. The fourth-order valence-electron chi connectivity index (χ4n) is 3.48. The van der Waals surface area contributed by atoms with Crippen LogP contribution in [-0.2, 0) is 0 Å². The number of methoxy groups -OCH3 is 1. The molecule has 4 rings (SSSR count). The summed E-state index contributed by atoms with van der Waals surface area (Å²) in [4.78, 5) is 21.7. The predicted molar refractivity (Wildman–Crippen MR) is 116 cm³/mol. The highest BCUT2D eigenvalue weighted by molar-refractivity contribution is 6.04. The van der Waals surface area contributed by atoms with Gasteiger partial charge in [0.15, 0.2) is 0 Å². The molecule has 0 bridgehead atoms. The van der Waals surface area contributed by atoms with Crippen molar-refractivity contribution in [2.75, 3.05) is 48.4 Å². The standard InChI is InChI=1S/C23H24N4O2/c1-29-21-10-6-5-9-20(21)25-23(28)18-11-12-22(24-17-18)27-15-13-26(14-16-27)19-7-3-2-4-8-19/h2-12,17H,13-16H2,1H3,(H,25,28). The molecule has 6 nitrogen and oxygen atoms in total. The van der Waals surface area contributed by atoms with Gasteiger partial charge < -0.3 is 19.9 Å². The van der Waals surface area contributed by atoms with Crippen molar-refractivity contribution in [3.63, 3.8) is 0 Å². The van der Waals surface area contributed by atoms with Gasteiger partial charge in [-0.25, -0.2) is 4.98 Å². The Hall–Kier alpha value is -3.54. The molecule has 0 aliphatic carbocycles. The van der Waals surface area contributed by atoms with E-state index in [9.17, 15) is 4.79 Å². The minimum absolute atomic E-state index is 0.206. The van der Waals surface area contributed by atoms with Crippen LogP contribution in [0.5, 0.6) is 5.75 Å². The molecule has 1 aromatic heterocycles. The van der Waals surface area contributed by atoms with Crippen molar-refractivity contribution in [2.24, 2.45) is 0 Å². The molecule has 2 aromatic carbocycles. The molecule has 1 N–H and O–H groups in total. The second-order valence-corrected chi connectivity index (χ2v) is 6.87. The van der Waals surface area contributed by atoms with Gasteiger partial charge in [0.25, 0.3) is 5.91 Å². The molecule has 0 atom stereocenters. The highest BCUT2D eigenvalue weighted by Crippen LogP contribution is 2.24. The number of hydrogen-bond acceptors (Lipinski definition) is 5. The molecule has 0 unspecified atom stereocenters. The Morgan fingerprint density at radius 3 is 2.28 bits per heavy atom. The molecule has 3 aromatic rings. The van der Waals surface area contributed by atoms with Crippen LogP contribution in [0.25, 0.3) is 0 Å². The predicted octanol–water partition coefficient (Wildman–Crippen LogP) is 3.67. The van der Waals surface area contributed by atoms with Crippen molar-refractivity contribution in [2.45, 2.75) is 0 Å². The number of anilines is 3. The van der Waals surface area contributed by atoms with E-state index in [-0.39, 0.29) is 5.91 Å². The van der Waals surface area contributed by atoms with Crippen LogP contribution in [0.15, 0.2) is 72.9 Å². The molecular weight excluding hydrogens is 364 g/mol. The number of carbonyl (C=O) groups excluding carboxylic acids is 1. The molecule has 0 spiro atoms. The molecule has 1 aliphatic rings. The van der Waals surface area contributed by atoms with Crippen LogP contribution in [0.4, 0.5) is 17.2 Å². The van der Waals surface area contributed by atoms with E-state index in [2.05, 4.69) is 44.4 Å². The first kappa shape index (κ1) is 18.8. The summed E-state index contributed by atoms with van der Waals surface area (Å²) in [6.07, 6.45) is 1.63. The van der Waals surface area contributed by atoms with E-state index in [1.165, 1.54) is 5.69 Å². The first-order valence-electron chi connectivity index (χ1n) is 9.70. The van der Waals surface area contributed by atoms with E-state index in [1.54, 1.807) is 13.3 Å². The van der Waals surface area contributed by atoms with Crippen LogP contribution in [0.1, 0.15) is 10.4 Å². The van der Waals surface area contributed by atoms with Crippen LogP contribution >= 0.6 is 0 Å². The summed E-state index contributed by atoms with van der Waals surface area (Å²) in [5, 5.41) is 2.88. The average molecular weight is 388 g/mol. The van der Waals surface area contributed by atoms with Gasteiger partial charge in [0, 0.05) is 38.1 Å². The quantitative estimate of drug-likeness (QED) is 0.723. The number of ether oxygens (including phenoxy) is 1. The summed E-state index contributed by atoms with van der Waals surface area (Å²) in [5.74, 6) is 1.32. The normalized spacial score (nSPS) is 13.8. The van der Waals surface area contributed by atoms with Gasteiger partial charge in [-0.2, -0.15) is 0 Å². The maximum Gasteiger partial charge on any atom is 0.257 e. The largest absolute Gasteiger partial charge is 0.495 e. The number of benzene rings is 2. The maximum atomic E-state index is 12.5. The zero-order valence-corrected chi connectivity index (χ0v) is 16.4. The van der Waals surface area contributed by atoms with Gasteiger partial charge >= 0.3 is 0 Å². The Balaban J connectivity index is 1.37. The molecule has 148 valence electrons. The summed E-state index contributed by atoms with van der Waals surface area (Å²) < 4.78 is 5.28. The number of rotatable bonds is 5. The Bertz CT molecular complexity index is 952. The third-order valence-corrected chi connectivity index (χ3v) is 5.09. The summed E-state index contributed by atoms with van der Waals surface area (Å²) in [7, 11) is 1.58. The Morgan fingerprint density at radius 2 is 1.59 bits per heavy atom. The van der Waals surface area contributed by atoms with Gasteiger partial charge in [-0.3, -0.25) is 4.79 Å². The molecule has 29 heavy (non-hydrogen) atoms. The second-order valence-electron chi connectivity index (χ2n) is 6.87. The Labute approximate surface area is 170 Å². The lowest BCUT2D eigenvalue weighted by atomic mass is 10.2. The molecule has 1 fully saturated rings. The number of carbonyl (C=O) groups is 1. The fraction of sp³-hybridized carbons (Fsp3) is 0.217. The van der Waals surface area contributed by atoms with Crippen molar-refractivity contribution in [3.8, 4) is 5.75 Å². The highest BCUT2D eigenvalue weighted by atomic mass is 16.5. The van der Waals surface area contributed by atoms with Crippen molar-refractivity contribution in [3.05, 3.63) is 78.5 Å². The van der Waals surface area contributed by atoms with E-state index in [0.717, 1.165) is 32.0 Å². The number of nitrogens with one attached hydrogen (secondary N) is 1. The van der Waals surface area contributed by atoms with Crippen LogP contribution in [0.3, 0.4) is 0 Å². The van der Waals surface area contributed by atoms with Gasteiger partial charge in [0.2, 0.25) is 0 Å². The molecule has 0 radical (unpaired) electrons. The fourth-order valence-corrected chi connectivity index (χ4v) is 3.48. The lowest BCUT2D eigenvalue weighted by Gasteiger charge is -2.36. The van der Waals surface area contributed by atoms with Gasteiger partial charge in [-0.15, -0.1) is 0 Å². The van der Waals surface area contributed by atoms with E-state index in [1.807, 2.05) is 42.5 Å². The third-order valence-electron chi connectivity index (χ3n) is 5.09. The lowest BCUT2D eigenvalue weighted by Crippen LogP contribution is -2.46. The van der Waals surface area contributed by atoms with Crippen molar-refractivity contribution >= 4 is 23.1 Å². The van der Waals surface area contributed by atoms with Crippen LogP contribution < -0.4 is 19.9 Å². The first-order chi connectivity index (χ1) is 14.2. The molecule has 1 amide bonds. The topological polar surface area (TPSA) is 57.7 Å². The van der Waals surface area contributed by atoms with Gasteiger partial charge in [0.05, 0.1) is 18.4 Å². The number of aromatic nitrogens is 1. The number of nitrogens with zero attached hydrogens (tertiary/aromatic N) is 3. The number of para-hydroxylation sites is 3. The van der Waals surface area contributed by atoms with E-state index in [4.69, 9.17) is 4.74 Å².